The molecule has 0 aliphatic rings. The van der Waals surface area contributed by atoms with E-state index in [1.807, 2.05) is 34.6 Å². The molecule has 3 heterocycles. The number of hydrogen-bond acceptors (Lipinski definition) is 8. The van der Waals surface area contributed by atoms with Crippen LogP contribution in [0.2, 0.25) is 5.28 Å². The van der Waals surface area contributed by atoms with Crippen molar-refractivity contribution in [2.45, 2.75) is 65.6 Å². The maximum Gasteiger partial charge on any atom is 0.414 e. The molecule has 0 aliphatic carbocycles. The highest BCUT2D eigenvalue weighted by molar-refractivity contribution is 7.19. The van der Waals surface area contributed by atoms with Crippen molar-refractivity contribution in [1.82, 2.24) is 20.6 Å². The summed E-state index contributed by atoms with van der Waals surface area (Å²) in [5, 5.41) is 5.44. The number of nitrogens with zero attached hydrogens (tertiary/aromatic N) is 2. The van der Waals surface area contributed by atoms with Gasteiger partial charge in [-0.2, -0.15) is 4.98 Å². The fourth-order valence-electron chi connectivity index (χ4n) is 3.15. The summed E-state index contributed by atoms with van der Waals surface area (Å²) in [4.78, 5) is 33.9. The highest BCUT2D eigenvalue weighted by atomic mass is 35.5. The summed E-state index contributed by atoms with van der Waals surface area (Å²) in [7, 11) is 0. The van der Waals surface area contributed by atoms with E-state index in [1.54, 1.807) is 12.1 Å². The van der Waals surface area contributed by atoms with Crippen LogP contribution in [0.25, 0.3) is 10.2 Å². The Morgan fingerprint density at radius 1 is 1.27 bits per heavy atom. The third-order valence-corrected chi connectivity index (χ3v) is 5.84. The predicted octanol–water partition coefficient (Wildman–Crippen LogP) is 5.24. The molecule has 0 aliphatic heterocycles. The Morgan fingerprint density at radius 2 is 2.03 bits per heavy atom. The molecule has 3 aromatic rings. The van der Waals surface area contributed by atoms with E-state index in [0.29, 0.717) is 28.8 Å². The van der Waals surface area contributed by atoms with Gasteiger partial charge < -0.3 is 24.5 Å². The van der Waals surface area contributed by atoms with Gasteiger partial charge in [0.25, 0.3) is 0 Å². The molecule has 0 spiro atoms. The minimum Gasteiger partial charge on any atom is -0.467 e. The van der Waals surface area contributed by atoms with Gasteiger partial charge in [-0.15, -0.1) is 11.3 Å². The number of amides is 2. The van der Waals surface area contributed by atoms with Gasteiger partial charge in [-0.25, -0.2) is 14.6 Å². The van der Waals surface area contributed by atoms with Crippen molar-refractivity contribution >= 4 is 45.3 Å². The molecule has 9 nitrogen and oxygen atoms in total. The van der Waals surface area contributed by atoms with Crippen LogP contribution in [0.15, 0.2) is 22.8 Å². The molecule has 0 bridgehead atoms. The summed E-state index contributed by atoms with van der Waals surface area (Å²) < 4.78 is 16.6. The van der Waals surface area contributed by atoms with E-state index in [4.69, 9.17) is 25.5 Å². The van der Waals surface area contributed by atoms with Crippen molar-refractivity contribution in [2.75, 3.05) is 0 Å². The van der Waals surface area contributed by atoms with Crippen molar-refractivity contribution in [3.8, 4) is 5.88 Å². The number of ether oxygens (including phenoxy) is 2. The van der Waals surface area contributed by atoms with Gasteiger partial charge in [0.05, 0.1) is 18.3 Å². The van der Waals surface area contributed by atoms with Crippen LogP contribution in [0.5, 0.6) is 5.88 Å². The maximum absolute atomic E-state index is 12.3. The number of aryl methyl sites for hydroxylation is 1. The average molecular weight is 495 g/mol. The summed E-state index contributed by atoms with van der Waals surface area (Å²) in [5.74, 6) is 0.677. The first-order valence-electron chi connectivity index (χ1n) is 10.5. The molecule has 0 saturated carbocycles. The number of rotatable bonds is 7. The SMILES string of the molecule is CCc1c(CC(C)NC(=O)OC(C)(C)C)sc2c(OC(=O)NCc3ccco3)nc(Cl)nc12. The van der Waals surface area contributed by atoms with E-state index in [1.165, 1.54) is 17.6 Å². The number of fused-ring (bicyclic) bond motifs is 1. The van der Waals surface area contributed by atoms with Gasteiger partial charge in [0, 0.05) is 17.3 Å². The van der Waals surface area contributed by atoms with Crippen molar-refractivity contribution in [2.24, 2.45) is 0 Å². The second-order valence-electron chi connectivity index (χ2n) is 8.41. The van der Waals surface area contributed by atoms with E-state index in [2.05, 4.69) is 20.6 Å². The fourth-order valence-corrected chi connectivity index (χ4v) is 4.70. The number of alkyl carbamates (subject to hydrolysis) is 1. The van der Waals surface area contributed by atoms with Crippen LogP contribution in [0.4, 0.5) is 9.59 Å². The van der Waals surface area contributed by atoms with E-state index < -0.39 is 17.8 Å². The molecule has 0 radical (unpaired) electrons. The zero-order valence-electron chi connectivity index (χ0n) is 19.2. The minimum atomic E-state index is -0.685. The molecular formula is C22H27ClN4O5S. The molecule has 2 amide bonds. The monoisotopic (exact) mass is 494 g/mol. The summed E-state index contributed by atoms with van der Waals surface area (Å²) in [5.41, 5.74) is 1.03. The molecule has 1 unspecified atom stereocenters. The zero-order valence-corrected chi connectivity index (χ0v) is 20.7. The first-order chi connectivity index (χ1) is 15.6. The lowest BCUT2D eigenvalue weighted by atomic mass is 10.1. The molecule has 2 N–H and O–H groups in total. The predicted molar refractivity (Wildman–Crippen MR) is 126 cm³/mol. The van der Waals surface area contributed by atoms with Gasteiger partial charge in [-0.1, -0.05) is 6.92 Å². The number of carbonyl (C=O) groups excluding carboxylic acids is 2. The Hall–Kier alpha value is -2.85. The molecule has 33 heavy (non-hydrogen) atoms. The van der Waals surface area contributed by atoms with Crippen LogP contribution < -0.4 is 15.4 Å². The highest BCUT2D eigenvalue weighted by Gasteiger charge is 2.23. The van der Waals surface area contributed by atoms with Crippen molar-refractivity contribution in [3.63, 3.8) is 0 Å². The normalized spacial score (nSPS) is 12.4. The molecule has 0 aromatic carbocycles. The highest BCUT2D eigenvalue weighted by Crippen LogP contribution is 2.37. The lowest BCUT2D eigenvalue weighted by Crippen LogP contribution is -2.38. The van der Waals surface area contributed by atoms with Crippen LogP contribution in [0.1, 0.15) is 50.8 Å². The molecule has 0 saturated heterocycles. The van der Waals surface area contributed by atoms with Gasteiger partial charge in [-0.05, 0) is 63.4 Å². The van der Waals surface area contributed by atoms with Crippen molar-refractivity contribution in [3.05, 3.63) is 39.9 Å². The fraction of sp³-hybridized carbons (Fsp3) is 0.455. The summed E-state index contributed by atoms with van der Waals surface area (Å²) in [6.45, 7) is 9.51. The summed E-state index contributed by atoms with van der Waals surface area (Å²) in [6, 6.07) is 3.28. The van der Waals surface area contributed by atoms with E-state index in [-0.39, 0.29) is 23.8 Å². The number of furan rings is 1. The summed E-state index contributed by atoms with van der Waals surface area (Å²) in [6.07, 6.45) is 1.59. The van der Waals surface area contributed by atoms with Crippen molar-refractivity contribution < 1.29 is 23.5 Å². The largest absolute Gasteiger partial charge is 0.467 e. The molecule has 3 aromatic heterocycles. The third-order valence-electron chi connectivity index (χ3n) is 4.44. The van der Waals surface area contributed by atoms with Crippen molar-refractivity contribution in [1.29, 1.82) is 0 Å². The standard InChI is InChI=1S/C22H27ClN4O5S/c1-6-14-15(10-12(2)25-21(29)32-22(3,4)5)33-17-16(14)26-19(23)27-18(17)31-20(28)24-11-13-8-7-9-30-13/h7-9,12H,6,10-11H2,1-5H3,(H,24,28)(H,25,29). The van der Waals surface area contributed by atoms with Gasteiger partial charge in [0.15, 0.2) is 0 Å². The smallest absolute Gasteiger partial charge is 0.414 e. The van der Waals surface area contributed by atoms with Gasteiger partial charge >= 0.3 is 12.2 Å². The Morgan fingerprint density at radius 3 is 2.67 bits per heavy atom. The topological polar surface area (TPSA) is 116 Å². The first-order valence-corrected chi connectivity index (χ1v) is 11.7. The van der Waals surface area contributed by atoms with Gasteiger partial charge in [0.2, 0.25) is 11.2 Å². The molecular weight excluding hydrogens is 468 g/mol. The lowest BCUT2D eigenvalue weighted by molar-refractivity contribution is 0.0508. The van der Waals surface area contributed by atoms with Gasteiger partial charge in [0.1, 0.15) is 16.1 Å². The molecule has 11 heteroatoms. The molecule has 178 valence electrons. The molecule has 1 atom stereocenters. The Labute approximate surface area is 200 Å². The van der Waals surface area contributed by atoms with E-state index in [0.717, 1.165) is 10.4 Å². The lowest BCUT2D eigenvalue weighted by Gasteiger charge is -2.22. The van der Waals surface area contributed by atoms with Gasteiger partial charge in [-0.3, -0.25) is 0 Å². The number of aromatic nitrogens is 2. The van der Waals surface area contributed by atoms with Crippen LogP contribution in [-0.4, -0.2) is 33.8 Å². The number of nitrogens with one attached hydrogen (secondary N) is 2. The molecule has 3 rings (SSSR count). The number of hydrogen-bond donors (Lipinski definition) is 2. The average Bonchev–Trinajstić information content (AvgIpc) is 3.32. The maximum atomic E-state index is 12.3. The second-order valence-corrected chi connectivity index (χ2v) is 9.85. The number of thiophene rings is 1. The Balaban J connectivity index is 1.78. The summed E-state index contributed by atoms with van der Waals surface area (Å²) >= 11 is 7.53. The van der Waals surface area contributed by atoms with Crippen LogP contribution >= 0.6 is 22.9 Å². The molecule has 0 fully saturated rings. The van der Waals surface area contributed by atoms with E-state index in [9.17, 15) is 9.59 Å². The Kier molecular flexibility index (Phi) is 7.80. The first kappa shape index (κ1) is 24.8. The second kappa shape index (κ2) is 10.4. The quantitative estimate of drug-likeness (QED) is 0.431. The van der Waals surface area contributed by atoms with Crippen LogP contribution in [0.3, 0.4) is 0 Å². The zero-order chi connectivity index (χ0) is 24.2. The minimum absolute atomic E-state index is 0.0182. The van der Waals surface area contributed by atoms with E-state index >= 15 is 0 Å². The number of carbonyl (C=O) groups is 2. The van der Waals surface area contributed by atoms with Crippen LogP contribution in [-0.2, 0) is 24.1 Å². The Bertz CT molecular complexity index is 1120. The third kappa shape index (κ3) is 6.82. The van der Waals surface area contributed by atoms with Crippen LogP contribution in [0, 0.1) is 0 Å². The number of halogens is 1.